The number of aliphatic hydroxyl groups is 1. The number of ether oxygens (including phenoxy) is 1. The van der Waals surface area contributed by atoms with Crippen molar-refractivity contribution in [1.82, 2.24) is 25.0 Å². The van der Waals surface area contributed by atoms with Gasteiger partial charge in [-0.05, 0) is 64.5 Å². The van der Waals surface area contributed by atoms with E-state index in [2.05, 4.69) is 43.3 Å². The van der Waals surface area contributed by atoms with Crippen molar-refractivity contribution in [1.29, 1.82) is 0 Å². The number of aromatic nitrogens is 1. The molecule has 10 nitrogen and oxygen atoms in total. The lowest BCUT2D eigenvalue weighted by Gasteiger charge is -2.48. The third-order valence-electron chi connectivity index (χ3n) is 9.88. The molecule has 3 fully saturated rings. The molecular weight excluding hydrogens is 634 g/mol. The number of hydrogen-bond donors (Lipinski definition) is 3. The fourth-order valence-electron chi connectivity index (χ4n) is 7.70. The maximum absolute atomic E-state index is 14.4. The van der Waals surface area contributed by atoms with Gasteiger partial charge in [0.2, 0.25) is 17.5 Å². The Morgan fingerprint density at radius 2 is 2.05 bits per heavy atom. The van der Waals surface area contributed by atoms with Crippen molar-refractivity contribution >= 4 is 61.9 Å². The van der Waals surface area contributed by atoms with Gasteiger partial charge < -0.3 is 20.3 Å². The molecule has 4 aliphatic heterocycles. The fourth-order valence-corrected chi connectivity index (χ4v) is 9.50. The number of likely N-dealkylation sites (N-methyl/N-ethyl adjacent to an activating group) is 1. The fraction of sp³-hybridized carbons (Fsp3) is 0.581. The first-order valence-electron chi connectivity index (χ1n) is 15.0. The number of nitrogens with zero attached hydrogens (tertiary/aromatic N) is 3. The van der Waals surface area contributed by atoms with Crippen LogP contribution in [0, 0.1) is 17.8 Å². The number of hydrogen-bond acceptors (Lipinski definition) is 7. The number of piperazine rings is 1. The second kappa shape index (κ2) is 10.1. The third kappa shape index (κ3) is 4.12. The lowest BCUT2D eigenvalue weighted by molar-refractivity contribution is -0.320. The number of rotatable bonds is 5. The molecule has 1 aromatic heterocycles. The number of aromatic amines is 1. The van der Waals surface area contributed by atoms with Crippen LogP contribution >= 0.6 is 27.7 Å². The van der Waals surface area contributed by atoms with Gasteiger partial charge in [0, 0.05) is 35.2 Å². The maximum atomic E-state index is 14.4. The summed E-state index contributed by atoms with van der Waals surface area (Å²) in [5, 5.41) is 16.3. The lowest BCUT2D eigenvalue weighted by Crippen LogP contribution is -2.72. The Morgan fingerprint density at radius 3 is 2.77 bits per heavy atom. The van der Waals surface area contributed by atoms with Crippen molar-refractivity contribution in [2.24, 2.45) is 17.8 Å². The summed E-state index contributed by atoms with van der Waals surface area (Å²) in [6.07, 6.45) is 3.24. The predicted octanol–water partition coefficient (Wildman–Crippen LogP) is 3.10. The second-order valence-corrected chi connectivity index (χ2v) is 15.1. The van der Waals surface area contributed by atoms with E-state index < -0.39 is 41.5 Å². The van der Waals surface area contributed by atoms with Gasteiger partial charge in [0.25, 0.3) is 11.8 Å². The van der Waals surface area contributed by atoms with Crippen LogP contribution in [-0.4, -0.2) is 97.5 Å². The van der Waals surface area contributed by atoms with Gasteiger partial charge in [0.1, 0.15) is 12.1 Å². The summed E-state index contributed by atoms with van der Waals surface area (Å²) in [5.41, 5.74) is 2.66. The molecule has 5 heterocycles. The molecule has 5 aliphatic rings. The zero-order valence-corrected chi connectivity index (χ0v) is 27.4. The van der Waals surface area contributed by atoms with Crippen LogP contribution in [0.1, 0.15) is 45.2 Å². The Hall–Kier alpha value is -2.38. The van der Waals surface area contributed by atoms with Crippen molar-refractivity contribution in [2.45, 2.75) is 70.3 Å². The standard InChI is InChI=1S/C31H38BrN5O5S/c1-15(2)9-23-28(39)36-14-43-13-24(36)31(41)37(23)29(40)30(42-31,16(3)4)34-27(38)17-10-19-18-7-6-8-21-25(18)20(26(32)33-21)11-22(19)35(5)12-17/h6-8,10,15-17,22-24,33,41H,9,11-14H2,1-5H3,(H,34,38)/t17-,22-,23+,24+,30-,31+/m1/s1. The number of fused-ring (bicyclic) bond motifs is 5. The number of benzene rings is 1. The van der Waals surface area contributed by atoms with Gasteiger partial charge in [-0.1, -0.05) is 45.9 Å². The van der Waals surface area contributed by atoms with E-state index in [-0.39, 0.29) is 23.8 Å². The van der Waals surface area contributed by atoms with E-state index in [0.717, 1.165) is 27.7 Å². The summed E-state index contributed by atoms with van der Waals surface area (Å²) in [6, 6.07) is 4.71. The average molecular weight is 673 g/mol. The van der Waals surface area contributed by atoms with E-state index in [9.17, 15) is 19.5 Å². The first kappa shape index (κ1) is 29.3. The summed E-state index contributed by atoms with van der Waals surface area (Å²) < 4.78 is 7.42. The molecule has 1 aromatic carbocycles. The van der Waals surface area contributed by atoms with E-state index in [1.807, 2.05) is 33.0 Å². The minimum atomic E-state index is -2.03. The van der Waals surface area contributed by atoms with Gasteiger partial charge in [0.15, 0.2) is 0 Å². The summed E-state index contributed by atoms with van der Waals surface area (Å²) in [5.74, 6) is -3.22. The molecule has 0 radical (unpaired) electrons. The SMILES string of the molecule is CC(C)C[C@H]1C(=O)N2CSC[C@H]2[C@]2(O)O[C@](NC(=O)[C@@H]3C=C4c5cccc6[nH]c(Br)c(c56)C[C@H]4N(C)C3)(C(C)C)C(=O)N12. The number of carbonyl (C=O) groups excluding carboxylic acids is 3. The summed E-state index contributed by atoms with van der Waals surface area (Å²) in [6.45, 7) is 8.03. The lowest BCUT2D eigenvalue weighted by atomic mass is 9.79. The highest BCUT2D eigenvalue weighted by atomic mass is 79.9. The molecule has 7 rings (SSSR count). The monoisotopic (exact) mass is 671 g/mol. The predicted molar refractivity (Wildman–Crippen MR) is 167 cm³/mol. The van der Waals surface area contributed by atoms with E-state index in [1.54, 1.807) is 18.7 Å². The van der Waals surface area contributed by atoms with Crippen LogP contribution in [0.5, 0.6) is 0 Å². The molecule has 0 unspecified atom stereocenters. The Balaban J connectivity index is 1.25. The van der Waals surface area contributed by atoms with Gasteiger partial charge >= 0.3 is 0 Å². The Kier molecular flexibility index (Phi) is 6.87. The molecule has 0 saturated carbocycles. The minimum absolute atomic E-state index is 0.0971. The van der Waals surface area contributed by atoms with E-state index >= 15 is 0 Å². The Morgan fingerprint density at radius 1 is 1.28 bits per heavy atom. The summed E-state index contributed by atoms with van der Waals surface area (Å²) in [4.78, 5) is 50.7. The van der Waals surface area contributed by atoms with Crippen LogP contribution in [0.4, 0.5) is 0 Å². The summed E-state index contributed by atoms with van der Waals surface area (Å²) >= 11 is 5.22. The van der Waals surface area contributed by atoms with Gasteiger partial charge in [-0.15, -0.1) is 11.8 Å². The number of nitrogens with one attached hydrogen (secondary N) is 2. The van der Waals surface area contributed by atoms with Crippen LogP contribution in [0.3, 0.4) is 0 Å². The minimum Gasteiger partial charge on any atom is -0.349 e. The number of halogens is 1. The van der Waals surface area contributed by atoms with Crippen LogP contribution in [-0.2, 0) is 25.5 Å². The van der Waals surface area contributed by atoms with Crippen molar-refractivity contribution in [3.63, 3.8) is 0 Å². The van der Waals surface area contributed by atoms with Gasteiger partial charge in [-0.2, -0.15) is 0 Å². The molecule has 12 heteroatoms. The van der Waals surface area contributed by atoms with Crippen LogP contribution in [0.2, 0.25) is 0 Å². The quantitative estimate of drug-likeness (QED) is 0.447. The van der Waals surface area contributed by atoms with E-state index in [1.165, 1.54) is 27.6 Å². The molecule has 0 bridgehead atoms. The van der Waals surface area contributed by atoms with E-state index in [4.69, 9.17) is 4.74 Å². The molecule has 1 aliphatic carbocycles. The van der Waals surface area contributed by atoms with Crippen LogP contribution in [0.25, 0.3) is 16.5 Å². The van der Waals surface area contributed by atoms with Crippen molar-refractivity contribution in [2.75, 3.05) is 25.2 Å². The molecular formula is C31H38BrN5O5S. The normalized spacial score (nSPS) is 33.7. The van der Waals surface area contributed by atoms with Crippen molar-refractivity contribution in [3.05, 3.63) is 40.0 Å². The Labute approximate surface area is 263 Å². The smallest absolute Gasteiger partial charge is 0.281 e. The average Bonchev–Trinajstić information content (AvgIpc) is 3.63. The molecule has 3 N–H and O–H groups in total. The third-order valence-corrected chi connectivity index (χ3v) is 11.6. The van der Waals surface area contributed by atoms with Gasteiger partial charge in [0.05, 0.1) is 16.4 Å². The number of thioether (sulfide) groups is 1. The topological polar surface area (TPSA) is 118 Å². The maximum Gasteiger partial charge on any atom is 0.281 e. The molecule has 43 heavy (non-hydrogen) atoms. The van der Waals surface area contributed by atoms with E-state index in [0.29, 0.717) is 24.6 Å². The highest BCUT2D eigenvalue weighted by Gasteiger charge is 2.72. The molecule has 3 amide bonds. The number of amides is 3. The molecule has 230 valence electrons. The largest absolute Gasteiger partial charge is 0.349 e. The van der Waals surface area contributed by atoms with Crippen molar-refractivity contribution in [3.8, 4) is 0 Å². The molecule has 2 aromatic rings. The summed E-state index contributed by atoms with van der Waals surface area (Å²) in [7, 11) is 2.02. The highest BCUT2D eigenvalue weighted by molar-refractivity contribution is 9.10. The van der Waals surface area contributed by atoms with Crippen LogP contribution in [0.15, 0.2) is 28.9 Å². The first-order chi connectivity index (χ1) is 20.4. The molecule has 6 atom stereocenters. The Bertz CT molecular complexity index is 1570. The zero-order chi connectivity index (χ0) is 30.6. The molecule has 3 saturated heterocycles. The zero-order valence-electron chi connectivity index (χ0n) is 25.0. The van der Waals surface area contributed by atoms with Gasteiger partial charge in [-0.25, -0.2) is 0 Å². The second-order valence-electron chi connectivity index (χ2n) is 13.3. The number of carbonyl (C=O) groups is 3. The molecule has 0 spiro atoms. The first-order valence-corrected chi connectivity index (χ1v) is 17.0. The van der Waals surface area contributed by atoms with Gasteiger partial charge in [-0.3, -0.25) is 28.9 Å². The number of H-pyrrole nitrogens is 1. The highest BCUT2D eigenvalue weighted by Crippen LogP contribution is 2.49. The van der Waals surface area contributed by atoms with Crippen molar-refractivity contribution < 1.29 is 24.2 Å². The van der Waals surface area contributed by atoms with Crippen LogP contribution < -0.4 is 5.32 Å².